The summed E-state index contributed by atoms with van der Waals surface area (Å²) in [6, 6.07) is 0. The number of ether oxygens (including phenoxy) is 1. The van der Waals surface area contributed by atoms with Gasteiger partial charge in [-0.2, -0.15) is 0 Å². The van der Waals surface area contributed by atoms with Crippen molar-refractivity contribution in [1.29, 1.82) is 0 Å². The summed E-state index contributed by atoms with van der Waals surface area (Å²) in [7, 11) is 1.72. The average molecular weight is 338 g/mol. The van der Waals surface area contributed by atoms with E-state index in [1.165, 1.54) is 30.7 Å². The highest BCUT2D eigenvalue weighted by atomic mass is 32.1. The standard InChI is InChI=1S/C16H23N3OS2/c1-11-9-22-15(18-11)16(6-4-5-7-16)17-8-13-10-21-14(19-13)12(2)20-3/h9-10,12,17H,4-8H2,1-3H3/t12-/m0/s1. The van der Waals surface area contributed by atoms with Crippen LogP contribution in [0.25, 0.3) is 0 Å². The number of aromatic nitrogens is 2. The van der Waals surface area contributed by atoms with E-state index in [9.17, 15) is 0 Å². The quantitative estimate of drug-likeness (QED) is 0.859. The van der Waals surface area contributed by atoms with Crippen molar-refractivity contribution in [3.05, 3.63) is 32.2 Å². The van der Waals surface area contributed by atoms with Gasteiger partial charge in [0.2, 0.25) is 0 Å². The number of hydrogen-bond donors (Lipinski definition) is 1. The third-order valence-electron chi connectivity index (χ3n) is 4.36. The molecule has 1 aliphatic rings. The van der Waals surface area contributed by atoms with Crippen molar-refractivity contribution in [1.82, 2.24) is 15.3 Å². The molecule has 1 atom stereocenters. The van der Waals surface area contributed by atoms with Gasteiger partial charge < -0.3 is 4.74 Å². The van der Waals surface area contributed by atoms with E-state index in [4.69, 9.17) is 9.72 Å². The van der Waals surface area contributed by atoms with Gasteiger partial charge in [0.15, 0.2) is 0 Å². The summed E-state index contributed by atoms with van der Waals surface area (Å²) < 4.78 is 5.34. The maximum absolute atomic E-state index is 5.34. The van der Waals surface area contributed by atoms with Crippen molar-refractivity contribution in [2.45, 2.75) is 57.7 Å². The third kappa shape index (κ3) is 3.25. The Balaban J connectivity index is 1.71. The normalized spacial score (nSPS) is 18.7. The molecular formula is C16H23N3OS2. The molecule has 2 aromatic rings. The van der Waals surface area contributed by atoms with Gasteiger partial charge in [0.05, 0.1) is 11.2 Å². The SMILES string of the molecule is CO[C@@H](C)c1nc(CNC2(c3nc(C)cs3)CCCC2)cs1. The number of thiazole rings is 2. The first kappa shape index (κ1) is 16.1. The van der Waals surface area contributed by atoms with Crippen molar-refractivity contribution < 1.29 is 4.74 Å². The maximum atomic E-state index is 5.34. The van der Waals surface area contributed by atoms with Gasteiger partial charge in [0.1, 0.15) is 16.1 Å². The Hall–Kier alpha value is -0.820. The number of rotatable bonds is 6. The maximum Gasteiger partial charge on any atom is 0.122 e. The van der Waals surface area contributed by atoms with Gasteiger partial charge in [-0.3, -0.25) is 5.32 Å². The lowest BCUT2D eigenvalue weighted by Gasteiger charge is -2.28. The van der Waals surface area contributed by atoms with Crippen molar-refractivity contribution in [2.24, 2.45) is 0 Å². The molecule has 120 valence electrons. The molecule has 0 spiro atoms. The predicted molar refractivity (Wildman–Crippen MR) is 91.4 cm³/mol. The van der Waals surface area contributed by atoms with Crippen LogP contribution in [0, 0.1) is 6.92 Å². The highest BCUT2D eigenvalue weighted by Crippen LogP contribution is 2.40. The average Bonchev–Trinajstić information content (AvgIpc) is 3.25. The molecule has 2 aromatic heterocycles. The van der Waals surface area contributed by atoms with E-state index < -0.39 is 0 Å². The number of methoxy groups -OCH3 is 1. The van der Waals surface area contributed by atoms with Crippen LogP contribution < -0.4 is 5.32 Å². The van der Waals surface area contributed by atoms with Gasteiger partial charge >= 0.3 is 0 Å². The number of nitrogens with zero attached hydrogens (tertiary/aromatic N) is 2. The molecule has 0 saturated heterocycles. The van der Waals surface area contributed by atoms with Gasteiger partial charge in [-0.25, -0.2) is 9.97 Å². The van der Waals surface area contributed by atoms with Crippen LogP contribution in [0.4, 0.5) is 0 Å². The van der Waals surface area contributed by atoms with E-state index in [0.717, 1.165) is 22.9 Å². The van der Waals surface area contributed by atoms with E-state index in [2.05, 4.69) is 28.0 Å². The van der Waals surface area contributed by atoms with Crippen LogP contribution in [0.3, 0.4) is 0 Å². The van der Waals surface area contributed by atoms with Gasteiger partial charge in [0.25, 0.3) is 0 Å². The minimum Gasteiger partial charge on any atom is -0.375 e. The number of hydrogen-bond acceptors (Lipinski definition) is 6. The Morgan fingerprint density at radius 1 is 1.27 bits per heavy atom. The number of aryl methyl sites for hydroxylation is 1. The van der Waals surface area contributed by atoms with E-state index >= 15 is 0 Å². The fraction of sp³-hybridized carbons (Fsp3) is 0.625. The fourth-order valence-corrected chi connectivity index (χ4v) is 4.85. The zero-order chi connectivity index (χ0) is 15.6. The summed E-state index contributed by atoms with van der Waals surface area (Å²) in [4.78, 5) is 9.43. The van der Waals surface area contributed by atoms with Crippen LogP contribution >= 0.6 is 22.7 Å². The molecule has 0 radical (unpaired) electrons. The topological polar surface area (TPSA) is 47.0 Å². The Kier molecular flexibility index (Phi) is 4.92. The minimum absolute atomic E-state index is 0.0512. The summed E-state index contributed by atoms with van der Waals surface area (Å²) in [6.07, 6.45) is 4.96. The molecule has 0 bridgehead atoms. The summed E-state index contributed by atoms with van der Waals surface area (Å²) >= 11 is 3.46. The second-order valence-corrected chi connectivity index (χ2v) is 7.74. The smallest absolute Gasteiger partial charge is 0.122 e. The molecule has 1 fully saturated rings. The van der Waals surface area contributed by atoms with Gasteiger partial charge in [-0.05, 0) is 26.7 Å². The lowest BCUT2D eigenvalue weighted by molar-refractivity contribution is 0.119. The first-order valence-electron chi connectivity index (χ1n) is 7.78. The molecule has 4 nitrogen and oxygen atoms in total. The second kappa shape index (κ2) is 6.74. The highest BCUT2D eigenvalue weighted by molar-refractivity contribution is 7.10. The minimum atomic E-state index is 0.0512. The molecule has 1 saturated carbocycles. The van der Waals surface area contributed by atoms with E-state index in [1.807, 2.05) is 6.92 Å². The van der Waals surface area contributed by atoms with Crippen LogP contribution in [0.15, 0.2) is 10.8 Å². The van der Waals surface area contributed by atoms with Crippen molar-refractivity contribution in [3.8, 4) is 0 Å². The largest absolute Gasteiger partial charge is 0.375 e. The van der Waals surface area contributed by atoms with Crippen LogP contribution in [0.1, 0.15) is 60.1 Å². The van der Waals surface area contributed by atoms with Crippen LogP contribution in [0.5, 0.6) is 0 Å². The molecule has 6 heteroatoms. The lowest BCUT2D eigenvalue weighted by atomic mass is 9.98. The molecule has 0 amide bonds. The summed E-state index contributed by atoms with van der Waals surface area (Å²) in [6.45, 7) is 4.90. The Morgan fingerprint density at radius 3 is 2.68 bits per heavy atom. The van der Waals surface area contributed by atoms with Crippen molar-refractivity contribution >= 4 is 22.7 Å². The molecule has 1 N–H and O–H groups in total. The van der Waals surface area contributed by atoms with Crippen LogP contribution in [-0.4, -0.2) is 17.1 Å². The Bertz CT molecular complexity index is 616. The first-order chi connectivity index (χ1) is 10.6. The molecule has 22 heavy (non-hydrogen) atoms. The van der Waals surface area contributed by atoms with Gasteiger partial charge in [-0.15, -0.1) is 22.7 Å². The molecular weight excluding hydrogens is 314 g/mol. The monoisotopic (exact) mass is 337 g/mol. The molecule has 0 unspecified atom stereocenters. The van der Waals surface area contributed by atoms with Crippen LogP contribution in [0.2, 0.25) is 0 Å². The van der Waals surface area contributed by atoms with Gasteiger partial charge in [0, 0.05) is 30.1 Å². The Labute approximate surface area is 140 Å². The molecule has 0 aromatic carbocycles. The summed E-state index contributed by atoms with van der Waals surface area (Å²) in [5.41, 5.74) is 2.27. The van der Waals surface area contributed by atoms with E-state index in [1.54, 1.807) is 29.8 Å². The number of nitrogens with one attached hydrogen (secondary N) is 1. The summed E-state index contributed by atoms with van der Waals surface area (Å²) in [5.74, 6) is 0. The Morgan fingerprint density at radius 2 is 2.05 bits per heavy atom. The zero-order valence-corrected chi connectivity index (χ0v) is 15.0. The molecule has 3 rings (SSSR count). The van der Waals surface area contributed by atoms with Crippen molar-refractivity contribution in [2.75, 3.05) is 7.11 Å². The molecule has 1 aliphatic carbocycles. The van der Waals surface area contributed by atoms with E-state index in [0.29, 0.717) is 0 Å². The van der Waals surface area contributed by atoms with E-state index in [-0.39, 0.29) is 11.6 Å². The van der Waals surface area contributed by atoms with Crippen LogP contribution in [-0.2, 0) is 16.8 Å². The van der Waals surface area contributed by atoms with Gasteiger partial charge in [-0.1, -0.05) is 12.8 Å². The highest BCUT2D eigenvalue weighted by Gasteiger charge is 2.37. The molecule has 2 heterocycles. The molecule has 0 aliphatic heterocycles. The summed E-state index contributed by atoms with van der Waals surface area (Å²) in [5, 5.41) is 10.3. The third-order valence-corrected chi connectivity index (χ3v) is 6.58. The lowest BCUT2D eigenvalue weighted by Crippen LogP contribution is -2.39. The first-order valence-corrected chi connectivity index (χ1v) is 9.53. The fourth-order valence-electron chi connectivity index (χ4n) is 2.97. The van der Waals surface area contributed by atoms with Crippen molar-refractivity contribution in [3.63, 3.8) is 0 Å². The predicted octanol–water partition coefficient (Wildman–Crippen LogP) is 4.17. The zero-order valence-electron chi connectivity index (χ0n) is 13.4. The second-order valence-electron chi connectivity index (χ2n) is 5.99.